The van der Waals surface area contributed by atoms with Gasteiger partial charge in [-0.3, -0.25) is 4.90 Å². The first kappa shape index (κ1) is 20.7. The van der Waals surface area contributed by atoms with Gasteiger partial charge in [0, 0.05) is 36.1 Å². The molecule has 3 heterocycles. The van der Waals surface area contributed by atoms with Crippen LogP contribution in [-0.4, -0.2) is 45.7 Å². The molecule has 0 radical (unpaired) electrons. The van der Waals surface area contributed by atoms with E-state index >= 15 is 0 Å². The summed E-state index contributed by atoms with van der Waals surface area (Å²) in [5, 5.41) is 2.89. The van der Waals surface area contributed by atoms with Crippen molar-refractivity contribution in [1.82, 2.24) is 9.62 Å². The molecule has 2 N–H and O–H groups in total. The summed E-state index contributed by atoms with van der Waals surface area (Å²) < 4.78 is 33.7. The maximum Gasteiger partial charge on any atom is 0.333 e. The topological polar surface area (TPSA) is 87.7 Å². The molecule has 2 aliphatic heterocycles. The number of sulfonamides is 1. The standard InChI is InChI=1S/C23H27N3O4S2/c27-23(24-22-18-3-1-2-15(18)8-16-4-5-19(16)22)25-32(28,29)21-9-17-11-26(7-6-20(17)31-21)10-14-12-30-13-14/h8-9,14H,1-7,10-13H2,(H2,24,25,27). The molecule has 1 saturated heterocycles. The molecule has 7 nitrogen and oxygen atoms in total. The fraction of sp³-hybridized carbons (Fsp3) is 0.522. The molecule has 0 atom stereocenters. The number of anilines is 1. The Balaban J connectivity index is 1.16. The summed E-state index contributed by atoms with van der Waals surface area (Å²) in [4.78, 5) is 16.2. The first-order valence-corrected chi connectivity index (χ1v) is 13.7. The average molecular weight is 474 g/mol. The molecular weight excluding hydrogens is 446 g/mol. The van der Waals surface area contributed by atoms with Gasteiger partial charge in [-0.25, -0.2) is 17.9 Å². The summed E-state index contributed by atoms with van der Waals surface area (Å²) >= 11 is 1.29. The van der Waals surface area contributed by atoms with Crippen molar-refractivity contribution < 1.29 is 17.9 Å². The van der Waals surface area contributed by atoms with Crippen molar-refractivity contribution in [3.8, 4) is 0 Å². The van der Waals surface area contributed by atoms with E-state index in [9.17, 15) is 13.2 Å². The Morgan fingerprint density at radius 1 is 1.06 bits per heavy atom. The van der Waals surface area contributed by atoms with Gasteiger partial charge < -0.3 is 10.1 Å². The number of ether oxygens (including phenoxy) is 1. The van der Waals surface area contributed by atoms with Crippen molar-refractivity contribution in [3.63, 3.8) is 0 Å². The maximum absolute atomic E-state index is 13.0. The highest BCUT2D eigenvalue weighted by molar-refractivity contribution is 7.92. The number of carbonyl (C=O) groups is 1. The quantitative estimate of drug-likeness (QED) is 0.697. The van der Waals surface area contributed by atoms with Crippen molar-refractivity contribution >= 4 is 33.1 Å². The molecule has 2 aromatic rings. The van der Waals surface area contributed by atoms with Crippen molar-refractivity contribution in [2.75, 3.05) is 31.6 Å². The molecule has 9 heteroatoms. The van der Waals surface area contributed by atoms with Crippen LogP contribution in [0.1, 0.15) is 39.1 Å². The lowest BCUT2D eigenvalue weighted by Crippen LogP contribution is -2.41. The predicted octanol–water partition coefficient (Wildman–Crippen LogP) is 2.85. The van der Waals surface area contributed by atoms with E-state index in [0.29, 0.717) is 5.92 Å². The number of aryl methyl sites for hydroxylation is 2. The average Bonchev–Trinajstić information content (AvgIpc) is 3.33. The monoisotopic (exact) mass is 473 g/mol. The van der Waals surface area contributed by atoms with Gasteiger partial charge in [0.2, 0.25) is 0 Å². The molecular formula is C23H27N3O4S2. The second kappa shape index (κ2) is 7.83. The molecule has 4 aliphatic rings. The van der Waals surface area contributed by atoms with Gasteiger partial charge in [0.1, 0.15) is 4.21 Å². The van der Waals surface area contributed by atoms with Gasteiger partial charge in [0.15, 0.2) is 0 Å². The Morgan fingerprint density at radius 2 is 1.88 bits per heavy atom. The highest BCUT2D eigenvalue weighted by Crippen LogP contribution is 2.39. The first-order chi connectivity index (χ1) is 15.5. The fourth-order valence-electron chi connectivity index (χ4n) is 5.31. The van der Waals surface area contributed by atoms with Gasteiger partial charge in [-0.05, 0) is 72.4 Å². The van der Waals surface area contributed by atoms with Gasteiger partial charge in [0.25, 0.3) is 10.0 Å². The number of rotatable bonds is 5. The lowest BCUT2D eigenvalue weighted by Gasteiger charge is -2.34. The minimum Gasteiger partial charge on any atom is -0.381 e. The molecule has 0 saturated carbocycles. The number of hydrogen-bond acceptors (Lipinski definition) is 6. The Labute approximate surface area is 192 Å². The Hall–Kier alpha value is -1.94. The van der Waals surface area contributed by atoms with Gasteiger partial charge in [0.05, 0.1) is 13.2 Å². The Morgan fingerprint density at radius 3 is 2.62 bits per heavy atom. The molecule has 1 fully saturated rings. The number of thiophene rings is 1. The zero-order valence-corrected chi connectivity index (χ0v) is 19.5. The van der Waals surface area contributed by atoms with E-state index in [-0.39, 0.29) is 4.21 Å². The molecule has 0 spiro atoms. The second-order valence-corrected chi connectivity index (χ2v) is 12.4. The second-order valence-electron chi connectivity index (χ2n) is 9.34. The van der Waals surface area contributed by atoms with Gasteiger partial charge in [-0.1, -0.05) is 6.07 Å². The fourth-order valence-corrected chi connectivity index (χ4v) is 7.76. The minimum absolute atomic E-state index is 0.220. The number of nitrogens with zero attached hydrogens (tertiary/aromatic N) is 1. The van der Waals surface area contributed by atoms with Crippen LogP contribution in [-0.2, 0) is 53.4 Å². The van der Waals surface area contributed by atoms with E-state index in [1.807, 2.05) is 0 Å². The third-order valence-corrected chi connectivity index (χ3v) is 10.2. The molecule has 170 valence electrons. The zero-order chi connectivity index (χ0) is 21.9. The molecule has 2 amide bonds. The number of fused-ring (bicyclic) bond motifs is 3. The summed E-state index contributed by atoms with van der Waals surface area (Å²) in [7, 11) is -3.91. The molecule has 1 aromatic heterocycles. The highest BCUT2D eigenvalue weighted by Gasteiger charge is 2.30. The van der Waals surface area contributed by atoms with Crippen molar-refractivity contribution in [3.05, 3.63) is 44.8 Å². The lowest BCUT2D eigenvalue weighted by atomic mass is 9.83. The van der Waals surface area contributed by atoms with E-state index in [4.69, 9.17) is 4.74 Å². The van der Waals surface area contributed by atoms with E-state index in [2.05, 4.69) is 21.0 Å². The van der Waals surface area contributed by atoms with Crippen molar-refractivity contribution in [2.45, 2.75) is 49.3 Å². The summed E-state index contributed by atoms with van der Waals surface area (Å²) in [5.74, 6) is 0.584. The number of urea groups is 1. The summed E-state index contributed by atoms with van der Waals surface area (Å²) in [6.07, 6.45) is 5.86. The maximum atomic E-state index is 13.0. The van der Waals surface area contributed by atoms with E-state index in [1.54, 1.807) is 6.07 Å². The van der Waals surface area contributed by atoms with Crippen LogP contribution in [0.2, 0.25) is 0 Å². The van der Waals surface area contributed by atoms with Crippen LogP contribution in [0.25, 0.3) is 0 Å². The molecule has 6 rings (SSSR count). The van der Waals surface area contributed by atoms with Crippen LogP contribution in [0, 0.1) is 5.92 Å². The van der Waals surface area contributed by atoms with E-state index in [0.717, 1.165) is 87.5 Å². The number of hydrogen-bond donors (Lipinski definition) is 2. The van der Waals surface area contributed by atoms with Gasteiger partial charge >= 0.3 is 6.03 Å². The molecule has 0 bridgehead atoms. The van der Waals surface area contributed by atoms with Crippen LogP contribution < -0.4 is 10.0 Å². The van der Waals surface area contributed by atoms with Gasteiger partial charge in [-0.2, -0.15) is 0 Å². The minimum atomic E-state index is -3.91. The number of amides is 2. The summed E-state index contributed by atoms with van der Waals surface area (Å²) in [5.41, 5.74) is 6.83. The molecule has 32 heavy (non-hydrogen) atoms. The largest absolute Gasteiger partial charge is 0.381 e. The third-order valence-electron chi connectivity index (χ3n) is 7.12. The normalized spacial score (nSPS) is 20.0. The SMILES string of the molecule is O=C(Nc1c2c(cc3c1CC3)CCC2)NS(=O)(=O)c1cc2c(s1)CCN(CC1COC1)C2. The van der Waals surface area contributed by atoms with Gasteiger partial charge in [-0.15, -0.1) is 11.3 Å². The van der Waals surface area contributed by atoms with Crippen LogP contribution >= 0.6 is 11.3 Å². The Bertz CT molecular complexity index is 1200. The summed E-state index contributed by atoms with van der Waals surface area (Å²) in [6.45, 7) is 4.32. The molecule has 2 aliphatic carbocycles. The van der Waals surface area contributed by atoms with Crippen LogP contribution in [0.4, 0.5) is 10.5 Å². The van der Waals surface area contributed by atoms with E-state index in [1.165, 1.54) is 33.6 Å². The van der Waals surface area contributed by atoms with E-state index < -0.39 is 16.1 Å². The smallest absolute Gasteiger partial charge is 0.333 e. The predicted molar refractivity (Wildman–Crippen MR) is 123 cm³/mol. The lowest BCUT2D eigenvalue weighted by molar-refractivity contribution is -0.0479. The molecule has 0 unspecified atom stereocenters. The van der Waals surface area contributed by atoms with Crippen LogP contribution in [0.15, 0.2) is 16.3 Å². The Kier molecular flexibility index (Phi) is 5.05. The highest BCUT2D eigenvalue weighted by atomic mass is 32.2. The number of nitrogens with one attached hydrogen (secondary N) is 2. The molecule has 1 aromatic carbocycles. The third kappa shape index (κ3) is 3.65. The van der Waals surface area contributed by atoms with Crippen LogP contribution in [0.5, 0.6) is 0 Å². The number of carbonyl (C=O) groups excluding carboxylic acids is 1. The summed E-state index contributed by atoms with van der Waals surface area (Å²) in [6, 6.07) is 3.34. The zero-order valence-electron chi connectivity index (χ0n) is 17.9. The van der Waals surface area contributed by atoms with Crippen molar-refractivity contribution in [2.24, 2.45) is 5.92 Å². The number of benzene rings is 1. The van der Waals surface area contributed by atoms with Crippen molar-refractivity contribution in [1.29, 1.82) is 0 Å². The van der Waals surface area contributed by atoms with Crippen LogP contribution in [0.3, 0.4) is 0 Å². The first-order valence-electron chi connectivity index (χ1n) is 11.4.